The molecule has 2 aromatic carbocycles. The number of carbonyl (C=O) groups is 2. The third kappa shape index (κ3) is 2.89. The molecule has 0 saturated carbocycles. The molecule has 1 aliphatic heterocycles. The van der Waals surface area contributed by atoms with E-state index in [4.69, 9.17) is 7.85 Å². The molecule has 104 valence electrons. The lowest BCUT2D eigenvalue weighted by molar-refractivity contribution is -0.114. The number of ketones is 1. The monoisotopic (exact) mass is 277 g/mol. The number of fused-ring (bicyclic) bond motifs is 1. The van der Waals surface area contributed by atoms with Gasteiger partial charge in [0.15, 0.2) is 0 Å². The van der Waals surface area contributed by atoms with Gasteiger partial charge < -0.3 is 4.90 Å². The summed E-state index contributed by atoms with van der Waals surface area (Å²) in [6.45, 7) is 4.38. The molecule has 21 heavy (non-hydrogen) atoms. The molecule has 0 spiro atoms. The second kappa shape index (κ2) is 6.40. The first-order chi connectivity index (χ1) is 10.2. The maximum absolute atomic E-state index is 12.0. The van der Waals surface area contributed by atoms with Crippen molar-refractivity contribution in [2.75, 3.05) is 4.90 Å². The van der Waals surface area contributed by atoms with Crippen molar-refractivity contribution in [1.82, 2.24) is 0 Å². The van der Waals surface area contributed by atoms with Crippen LogP contribution in [0.2, 0.25) is 0 Å². The van der Waals surface area contributed by atoms with E-state index in [2.05, 4.69) is 0 Å². The zero-order chi connectivity index (χ0) is 15.4. The number of nitrogens with zero attached hydrogens (tertiary/aromatic N) is 1. The molecule has 0 atom stereocenters. The van der Waals surface area contributed by atoms with Gasteiger partial charge in [-0.1, -0.05) is 55.7 Å². The van der Waals surface area contributed by atoms with Gasteiger partial charge in [0.05, 0.1) is 17.8 Å². The Kier molecular flexibility index (Phi) is 4.58. The van der Waals surface area contributed by atoms with E-state index in [0.29, 0.717) is 23.3 Å². The van der Waals surface area contributed by atoms with Crippen LogP contribution in [-0.4, -0.2) is 19.5 Å². The van der Waals surface area contributed by atoms with Gasteiger partial charge in [0, 0.05) is 0 Å². The van der Waals surface area contributed by atoms with Crippen LogP contribution in [0.1, 0.15) is 29.8 Å². The van der Waals surface area contributed by atoms with Crippen LogP contribution in [0.15, 0.2) is 48.5 Å². The lowest BCUT2D eigenvalue weighted by Gasteiger charge is -2.16. The molecule has 0 unspecified atom stereocenters. The Morgan fingerprint density at radius 2 is 1.57 bits per heavy atom. The standard InChI is InChI=1S/C15H10BNO2.C2H6/c16-11-7-5-10(6-8-11)9-17-13-4-2-1-3-12(13)14(18)15(17)19;1-2/h1-8H,9H2;1-2H3. The zero-order valence-corrected chi connectivity index (χ0v) is 12.2. The fourth-order valence-electron chi connectivity index (χ4n) is 2.21. The summed E-state index contributed by atoms with van der Waals surface area (Å²) in [5, 5.41) is 0. The molecular formula is C17H16BNO2. The van der Waals surface area contributed by atoms with Crippen LogP contribution in [0.25, 0.3) is 0 Å². The molecule has 0 N–H and O–H groups in total. The molecule has 1 heterocycles. The quantitative estimate of drug-likeness (QED) is 0.623. The molecular weight excluding hydrogens is 261 g/mol. The minimum Gasteiger partial charge on any atom is -0.300 e. The fourth-order valence-corrected chi connectivity index (χ4v) is 2.21. The van der Waals surface area contributed by atoms with Gasteiger partial charge in [-0.25, -0.2) is 0 Å². The van der Waals surface area contributed by atoms with E-state index in [-0.39, 0.29) is 0 Å². The summed E-state index contributed by atoms with van der Waals surface area (Å²) in [6.07, 6.45) is 0. The summed E-state index contributed by atoms with van der Waals surface area (Å²) in [5.74, 6) is -0.913. The predicted molar refractivity (Wildman–Crippen MR) is 85.1 cm³/mol. The highest BCUT2D eigenvalue weighted by Crippen LogP contribution is 2.29. The van der Waals surface area contributed by atoms with Gasteiger partial charge in [-0.3, -0.25) is 9.59 Å². The van der Waals surface area contributed by atoms with Gasteiger partial charge in [-0.15, -0.1) is 0 Å². The van der Waals surface area contributed by atoms with E-state index in [0.717, 1.165) is 5.56 Å². The molecule has 0 bridgehead atoms. The van der Waals surface area contributed by atoms with Gasteiger partial charge >= 0.3 is 0 Å². The Hall–Kier alpha value is -2.36. The molecule has 0 aliphatic carbocycles. The number of hydrogen-bond acceptors (Lipinski definition) is 2. The number of hydrogen-bond donors (Lipinski definition) is 0. The van der Waals surface area contributed by atoms with Crippen LogP contribution in [-0.2, 0) is 11.3 Å². The molecule has 0 saturated heterocycles. The van der Waals surface area contributed by atoms with E-state index in [1.54, 1.807) is 30.3 Å². The Morgan fingerprint density at radius 3 is 2.24 bits per heavy atom. The highest BCUT2D eigenvalue weighted by Gasteiger charge is 2.35. The number of Topliss-reactive ketones (excluding diaryl/α,β-unsaturated/α-hetero) is 1. The van der Waals surface area contributed by atoms with E-state index in [1.165, 1.54) is 4.90 Å². The van der Waals surface area contributed by atoms with Crippen LogP contribution in [0.3, 0.4) is 0 Å². The molecule has 3 rings (SSSR count). The molecule has 2 radical (unpaired) electrons. The van der Waals surface area contributed by atoms with Crippen molar-refractivity contribution >= 4 is 30.7 Å². The highest BCUT2D eigenvalue weighted by atomic mass is 16.2. The average molecular weight is 277 g/mol. The van der Waals surface area contributed by atoms with Gasteiger partial charge in [0.25, 0.3) is 11.7 Å². The SMILES string of the molecule is CC.[B]c1ccc(CN2C(=O)C(=O)c3ccccc32)cc1. The van der Waals surface area contributed by atoms with Gasteiger partial charge in [-0.2, -0.15) is 0 Å². The van der Waals surface area contributed by atoms with Crippen molar-refractivity contribution in [3.8, 4) is 0 Å². The van der Waals surface area contributed by atoms with Crippen LogP contribution < -0.4 is 10.4 Å². The molecule has 4 heteroatoms. The molecule has 0 fully saturated rings. The number of carbonyl (C=O) groups excluding carboxylic acids is 2. The topological polar surface area (TPSA) is 37.4 Å². The number of rotatable bonds is 2. The molecule has 1 aliphatic rings. The Balaban J connectivity index is 0.000000774. The van der Waals surface area contributed by atoms with E-state index >= 15 is 0 Å². The minimum atomic E-state index is -0.474. The predicted octanol–water partition coefficient (Wildman–Crippen LogP) is 2.24. The molecule has 0 aromatic heterocycles. The summed E-state index contributed by atoms with van der Waals surface area (Å²) >= 11 is 0. The second-order valence-electron chi connectivity index (χ2n) is 4.48. The summed E-state index contributed by atoms with van der Waals surface area (Å²) < 4.78 is 0. The number of amides is 1. The Morgan fingerprint density at radius 1 is 0.952 bits per heavy atom. The van der Waals surface area contributed by atoms with Crippen molar-refractivity contribution in [3.05, 3.63) is 59.7 Å². The number of benzene rings is 2. The Labute approximate surface area is 126 Å². The maximum atomic E-state index is 12.0. The lowest BCUT2D eigenvalue weighted by atomic mass is 9.95. The van der Waals surface area contributed by atoms with Gasteiger partial charge in [-0.05, 0) is 17.7 Å². The summed E-state index contributed by atoms with van der Waals surface area (Å²) in [6, 6.07) is 14.3. The van der Waals surface area contributed by atoms with Crippen molar-refractivity contribution in [2.24, 2.45) is 0 Å². The first-order valence-corrected chi connectivity index (χ1v) is 6.96. The first kappa shape index (κ1) is 15.0. The molecule has 1 amide bonds. The lowest BCUT2D eigenvalue weighted by Crippen LogP contribution is -2.29. The molecule has 3 nitrogen and oxygen atoms in total. The van der Waals surface area contributed by atoms with Crippen LogP contribution in [0.5, 0.6) is 0 Å². The van der Waals surface area contributed by atoms with E-state index in [9.17, 15) is 9.59 Å². The van der Waals surface area contributed by atoms with E-state index < -0.39 is 11.7 Å². The fraction of sp³-hybridized carbons (Fsp3) is 0.176. The number of anilines is 1. The summed E-state index contributed by atoms with van der Waals surface area (Å²) in [4.78, 5) is 25.3. The third-order valence-corrected chi connectivity index (χ3v) is 3.20. The van der Waals surface area contributed by atoms with Crippen LogP contribution >= 0.6 is 0 Å². The third-order valence-electron chi connectivity index (χ3n) is 3.20. The van der Waals surface area contributed by atoms with Gasteiger partial charge in [0.2, 0.25) is 0 Å². The largest absolute Gasteiger partial charge is 0.300 e. The zero-order valence-electron chi connectivity index (χ0n) is 12.2. The smallest absolute Gasteiger partial charge is 0.299 e. The van der Waals surface area contributed by atoms with E-state index in [1.807, 2.05) is 32.0 Å². The van der Waals surface area contributed by atoms with Crippen molar-refractivity contribution in [1.29, 1.82) is 0 Å². The minimum absolute atomic E-state index is 0.377. The van der Waals surface area contributed by atoms with Crippen molar-refractivity contribution in [2.45, 2.75) is 20.4 Å². The Bertz CT molecular complexity index is 665. The average Bonchev–Trinajstić information content (AvgIpc) is 2.77. The van der Waals surface area contributed by atoms with Crippen molar-refractivity contribution < 1.29 is 9.59 Å². The maximum Gasteiger partial charge on any atom is 0.299 e. The van der Waals surface area contributed by atoms with Gasteiger partial charge in [0.1, 0.15) is 7.85 Å². The molecule has 2 aromatic rings. The summed E-state index contributed by atoms with van der Waals surface area (Å²) in [7, 11) is 5.63. The van der Waals surface area contributed by atoms with Crippen molar-refractivity contribution in [3.63, 3.8) is 0 Å². The first-order valence-electron chi connectivity index (χ1n) is 6.96. The number of para-hydroxylation sites is 1. The van der Waals surface area contributed by atoms with Crippen LogP contribution in [0.4, 0.5) is 5.69 Å². The summed E-state index contributed by atoms with van der Waals surface area (Å²) in [5.41, 5.74) is 2.76. The highest BCUT2D eigenvalue weighted by molar-refractivity contribution is 6.52. The normalized spacial score (nSPS) is 12.8. The second-order valence-corrected chi connectivity index (χ2v) is 4.48. The van der Waals surface area contributed by atoms with Crippen LogP contribution in [0, 0.1) is 0 Å².